The monoisotopic (exact) mass is 454 g/mol. The number of hydrogen-bond donors (Lipinski definition) is 0. The summed E-state index contributed by atoms with van der Waals surface area (Å²) >= 11 is 0. The first-order chi connectivity index (χ1) is 16.6. The van der Waals surface area contributed by atoms with Crippen molar-refractivity contribution in [1.82, 2.24) is 14.6 Å². The molecule has 1 saturated heterocycles. The van der Waals surface area contributed by atoms with Crippen LogP contribution in [-0.4, -0.2) is 34.1 Å². The third kappa shape index (κ3) is 4.12. The van der Waals surface area contributed by atoms with Crippen molar-refractivity contribution in [3.8, 4) is 11.4 Å². The summed E-state index contributed by atoms with van der Waals surface area (Å²) in [6.45, 7) is 4.94. The molecule has 3 aromatic rings. The Morgan fingerprint density at radius 2 is 1.97 bits per heavy atom. The zero-order chi connectivity index (χ0) is 23.7. The number of anilines is 1. The molecule has 2 aromatic carbocycles. The van der Waals surface area contributed by atoms with E-state index in [4.69, 9.17) is 4.74 Å². The molecule has 34 heavy (non-hydrogen) atoms. The Labute approximate surface area is 200 Å². The molecule has 1 amide bonds. The number of carbonyl (C=O) groups excluding carboxylic acids is 1. The SMILES string of the molecule is CCc1ccc(N2C(=O)CC=C3C(=Cc4ccc(-n5cnc(C)c5)c(OC)c4)CCCN32)cc1. The van der Waals surface area contributed by atoms with Crippen LogP contribution >= 0.6 is 0 Å². The van der Waals surface area contributed by atoms with Crippen molar-refractivity contribution in [3.05, 3.63) is 89.2 Å². The summed E-state index contributed by atoms with van der Waals surface area (Å²) in [5.41, 5.74) is 7.55. The third-order valence-corrected chi connectivity index (χ3v) is 6.49. The van der Waals surface area contributed by atoms with Gasteiger partial charge in [-0.3, -0.25) is 9.80 Å². The highest BCUT2D eigenvalue weighted by molar-refractivity contribution is 5.95. The first kappa shape index (κ1) is 22.0. The minimum atomic E-state index is 0.107. The Balaban J connectivity index is 1.46. The van der Waals surface area contributed by atoms with E-state index in [2.05, 4.69) is 71.5 Å². The fourth-order valence-corrected chi connectivity index (χ4v) is 4.74. The lowest BCUT2D eigenvalue weighted by atomic mass is 9.96. The lowest BCUT2D eigenvalue weighted by Crippen LogP contribution is -2.50. The maximum absolute atomic E-state index is 12.9. The van der Waals surface area contributed by atoms with Gasteiger partial charge in [-0.15, -0.1) is 0 Å². The van der Waals surface area contributed by atoms with E-state index in [-0.39, 0.29) is 5.91 Å². The zero-order valence-corrected chi connectivity index (χ0v) is 20.0. The van der Waals surface area contributed by atoms with Gasteiger partial charge in [-0.05, 0) is 79.3 Å². The van der Waals surface area contributed by atoms with E-state index in [1.165, 1.54) is 11.1 Å². The molecule has 0 atom stereocenters. The molecular weight excluding hydrogens is 424 g/mol. The quantitative estimate of drug-likeness (QED) is 0.513. The lowest BCUT2D eigenvalue weighted by molar-refractivity contribution is -0.121. The van der Waals surface area contributed by atoms with Crippen molar-refractivity contribution in [2.75, 3.05) is 18.7 Å². The van der Waals surface area contributed by atoms with Gasteiger partial charge in [-0.1, -0.05) is 25.1 Å². The van der Waals surface area contributed by atoms with Crippen LogP contribution < -0.4 is 9.75 Å². The van der Waals surface area contributed by atoms with E-state index < -0.39 is 0 Å². The van der Waals surface area contributed by atoms with Crippen molar-refractivity contribution in [3.63, 3.8) is 0 Å². The number of rotatable bonds is 5. The molecule has 1 aromatic heterocycles. The molecule has 0 spiro atoms. The molecule has 2 aliphatic heterocycles. The fourth-order valence-electron chi connectivity index (χ4n) is 4.74. The summed E-state index contributed by atoms with van der Waals surface area (Å²) < 4.78 is 7.67. The van der Waals surface area contributed by atoms with E-state index in [0.717, 1.165) is 59.9 Å². The van der Waals surface area contributed by atoms with Gasteiger partial charge >= 0.3 is 0 Å². The minimum absolute atomic E-state index is 0.107. The number of fused-ring (bicyclic) bond motifs is 1. The molecule has 0 unspecified atom stereocenters. The van der Waals surface area contributed by atoms with Crippen molar-refractivity contribution in [1.29, 1.82) is 0 Å². The van der Waals surface area contributed by atoms with Crippen LogP contribution in [0.2, 0.25) is 0 Å². The van der Waals surface area contributed by atoms with Crippen LogP contribution in [0.5, 0.6) is 5.75 Å². The van der Waals surface area contributed by atoms with Gasteiger partial charge in [-0.25, -0.2) is 9.99 Å². The predicted molar refractivity (Wildman–Crippen MR) is 135 cm³/mol. The average molecular weight is 455 g/mol. The highest BCUT2D eigenvalue weighted by Crippen LogP contribution is 2.36. The summed E-state index contributed by atoms with van der Waals surface area (Å²) in [6.07, 6.45) is 11.4. The lowest BCUT2D eigenvalue weighted by Gasteiger charge is -2.44. The second-order valence-electron chi connectivity index (χ2n) is 8.77. The van der Waals surface area contributed by atoms with Crippen LogP contribution in [0.4, 0.5) is 5.69 Å². The standard InChI is InChI=1S/C28H30N4O2/c1-4-21-7-10-24(11-8-21)32-28(33)14-13-25-23(6-5-15-31(25)32)16-22-9-12-26(27(17-22)34-3)30-18-20(2)29-19-30/h7-13,16-19H,4-6,14-15H2,1-3H3. The molecule has 0 saturated carbocycles. The highest BCUT2D eigenvalue weighted by Gasteiger charge is 2.32. The summed E-state index contributed by atoms with van der Waals surface area (Å²) in [5, 5.41) is 3.99. The number of carbonyl (C=O) groups is 1. The van der Waals surface area contributed by atoms with Crippen LogP contribution in [0.3, 0.4) is 0 Å². The second kappa shape index (κ2) is 9.21. The molecule has 174 valence electrons. The van der Waals surface area contributed by atoms with Gasteiger partial charge in [0.15, 0.2) is 0 Å². The van der Waals surface area contributed by atoms with Gasteiger partial charge in [0.25, 0.3) is 0 Å². The van der Waals surface area contributed by atoms with Crippen LogP contribution in [0.15, 0.2) is 72.3 Å². The number of imidazole rings is 1. The van der Waals surface area contributed by atoms with Gasteiger partial charge in [0.2, 0.25) is 5.91 Å². The number of nitrogens with zero attached hydrogens (tertiary/aromatic N) is 4. The topological polar surface area (TPSA) is 50.6 Å². The van der Waals surface area contributed by atoms with Crippen molar-refractivity contribution in [2.45, 2.75) is 39.5 Å². The summed E-state index contributed by atoms with van der Waals surface area (Å²) in [7, 11) is 1.69. The number of amides is 1. The summed E-state index contributed by atoms with van der Waals surface area (Å²) in [5.74, 6) is 0.903. The average Bonchev–Trinajstić information content (AvgIpc) is 3.30. The number of methoxy groups -OCH3 is 1. The maximum atomic E-state index is 12.9. The Morgan fingerprint density at radius 1 is 1.15 bits per heavy atom. The number of hydrazine groups is 1. The molecule has 1 fully saturated rings. The van der Waals surface area contributed by atoms with Gasteiger partial charge < -0.3 is 9.30 Å². The van der Waals surface area contributed by atoms with E-state index in [1.807, 2.05) is 22.7 Å². The summed E-state index contributed by atoms with van der Waals surface area (Å²) in [4.78, 5) is 17.3. The number of ether oxygens (including phenoxy) is 1. The minimum Gasteiger partial charge on any atom is -0.495 e. The number of benzene rings is 2. The third-order valence-electron chi connectivity index (χ3n) is 6.49. The number of allylic oxidation sites excluding steroid dienone is 1. The number of aromatic nitrogens is 2. The van der Waals surface area contributed by atoms with E-state index in [0.29, 0.717) is 6.42 Å². The molecular formula is C28H30N4O2. The molecule has 0 aliphatic carbocycles. The second-order valence-corrected chi connectivity index (χ2v) is 8.77. The van der Waals surface area contributed by atoms with Crippen molar-refractivity contribution >= 4 is 17.7 Å². The largest absolute Gasteiger partial charge is 0.495 e. The van der Waals surface area contributed by atoms with Crippen molar-refractivity contribution in [2.24, 2.45) is 0 Å². The van der Waals surface area contributed by atoms with Gasteiger partial charge in [0.1, 0.15) is 5.75 Å². The molecule has 3 heterocycles. The van der Waals surface area contributed by atoms with Crippen LogP contribution in [0.1, 0.15) is 43.0 Å². The van der Waals surface area contributed by atoms with E-state index in [1.54, 1.807) is 13.4 Å². The molecule has 2 aliphatic rings. The molecule has 0 N–H and O–H groups in total. The Hall–Kier alpha value is -3.80. The van der Waals surface area contributed by atoms with Crippen molar-refractivity contribution < 1.29 is 9.53 Å². The first-order valence-corrected chi connectivity index (χ1v) is 11.9. The number of piperidine rings is 1. The maximum Gasteiger partial charge on any atom is 0.249 e. The van der Waals surface area contributed by atoms with Crippen LogP contribution in [0.25, 0.3) is 11.8 Å². The zero-order valence-electron chi connectivity index (χ0n) is 20.0. The van der Waals surface area contributed by atoms with Crippen LogP contribution in [-0.2, 0) is 11.2 Å². The van der Waals surface area contributed by atoms with E-state index in [9.17, 15) is 4.79 Å². The molecule has 0 bridgehead atoms. The van der Waals surface area contributed by atoms with Crippen LogP contribution in [0, 0.1) is 6.92 Å². The highest BCUT2D eigenvalue weighted by atomic mass is 16.5. The molecule has 6 heteroatoms. The fraction of sp³-hybridized carbons (Fsp3) is 0.286. The van der Waals surface area contributed by atoms with Gasteiger partial charge in [-0.2, -0.15) is 0 Å². The van der Waals surface area contributed by atoms with Gasteiger partial charge in [0, 0.05) is 19.2 Å². The summed E-state index contributed by atoms with van der Waals surface area (Å²) in [6, 6.07) is 14.6. The first-order valence-electron chi connectivity index (χ1n) is 11.9. The molecule has 6 nitrogen and oxygen atoms in total. The number of aryl methyl sites for hydroxylation is 2. The Bertz CT molecular complexity index is 1270. The smallest absolute Gasteiger partial charge is 0.249 e. The van der Waals surface area contributed by atoms with Gasteiger partial charge in [0.05, 0.1) is 36.2 Å². The predicted octanol–water partition coefficient (Wildman–Crippen LogP) is 5.47. The molecule has 0 radical (unpaired) electrons. The normalized spacial score (nSPS) is 17.1. The Morgan fingerprint density at radius 3 is 2.68 bits per heavy atom. The van der Waals surface area contributed by atoms with E-state index >= 15 is 0 Å². The molecule has 5 rings (SSSR count). The number of hydrogen-bond acceptors (Lipinski definition) is 4. The Kier molecular flexibility index (Phi) is 5.97.